The predicted octanol–water partition coefficient (Wildman–Crippen LogP) is 3.25. The van der Waals surface area contributed by atoms with Crippen LogP contribution in [0.1, 0.15) is 43.8 Å². The molecule has 1 aromatic heterocycles. The zero-order valence-corrected chi connectivity index (χ0v) is 17.0. The van der Waals surface area contributed by atoms with Gasteiger partial charge in [0.05, 0.1) is 30.9 Å². The van der Waals surface area contributed by atoms with E-state index in [0.29, 0.717) is 25.2 Å². The van der Waals surface area contributed by atoms with Crippen LogP contribution in [0.25, 0.3) is 0 Å². The van der Waals surface area contributed by atoms with Gasteiger partial charge in [-0.15, -0.1) is 0 Å². The van der Waals surface area contributed by atoms with Crippen molar-refractivity contribution >= 4 is 23.2 Å². The summed E-state index contributed by atoms with van der Waals surface area (Å²) in [6.07, 6.45) is 7.78. The Morgan fingerprint density at radius 2 is 2.00 bits per heavy atom. The lowest BCUT2D eigenvalue weighted by atomic mass is 9.60. The van der Waals surface area contributed by atoms with Crippen LogP contribution >= 0.6 is 23.2 Å². The van der Waals surface area contributed by atoms with Crippen molar-refractivity contribution in [3.05, 3.63) is 40.0 Å². The molecule has 0 aromatic carbocycles. The Hall–Kier alpha value is -1.41. The number of rotatable bonds is 2. The Morgan fingerprint density at radius 1 is 1.21 bits per heavy atom. The van der Waals surface area contributed by atoms with Gasteiger partial charge in [-0.05, 0) is 54.5 Å². The number of hydrogen-bond acceptors (Lipinski definition) is 7. The van der Waals surface area contributed by atoms with Gasteiger partial charge in [-0.2, -0.15) is 4.98 Å². The Kier molecular flexibility index (Phi) is 4.54. The number of halogens is 2. The van der Waals surface area contributed by atoms with Crippen LogP contribution < -0.4 is 0 Å². The molecule has 0 saturated heterocycles. The third kappa shape index (κ3) is 2.91. The highest BCUT2D eigenvalue weighted by atomic mass is 35.5. The molecule has 0 amide bonds. The van der Waals surface area contributed by atoms with Crippen LogP contribution in [-0.2, 0) is 9.57 Å². The Bertz CT molecular complexity index is 843. The van der Waals surface area contributed by atoms with Crippen molar-refractivity contribution in [1.29, 1.82) is 0 Å². The molecule has 5 rings (SSSR count). The van der Waals surface area contributed by atoms with E-state index in [1.807, 2.05) is 11.3 Å². The first-order valence-electron chi connectivity index (χ1n) is 9.64. The standard InChI is InChI=1S/C19H22Cl2N4O3/c1-27-25-5-4-19-8-10(16-22-17(20)24-18(21)23-16)2-3-14(19)28-13-7-12(26)6-11(9-25)15(13)19/h4-5,10-12,14,26H,2-3,6-9H2,1H3/t10?,11?,12-,14?,19?/m1/s1. The van der Waals surface area contributed by atoms with E-state index in [1.165, 1.54) is 5.57 Å². The zero-order valence-electron chi connectivity index (χ0n) is 15.5. The lowest BCUT2D eigenvalue weighted by Crippen LogP contribution is -2.40. The fourth-order valence-corrected chi connectivity index (χ4v) is 5.88. The summed E-state index contributed by atoms with van der Waals surface area (Å²) in [5, 5.41) is 12.5. The molecule has 0 radical (unpaired) electrons. The molecule has 4 unspecified atom stereocenters. The smallest absolute Gasteiger partial charge is 0.226 e. The highest BCUT2D eigenvalue weighted by molar-refractivity contribution is 6.31. The summed E-state index contributed by atoms with van der Waals surface area (Å²) in [5.41, 5.74) is 1.07. The van der Waals surface area contributed by atoms with Crippen LogP contribution in [0, 0.1) is 11.3 Å². The number of aliphatic hydroxyl groups excluding tert-OH is 1. The average molecular weight is 425 g/mol. The third-order valence-corrected chi connectivity index (χ3v) is 6.88. The second-order valence-electron chi connectivity index (χ2n) is 8.08. The zero-order chi connectivity index (χ0) is 19.5. The Morgan fingerprint density at radius 3 is 2.75 bits per heavy atom. The summed E-state index contributed by atoms with van der Waals surface area (Å²) in [5.74, 6) is 1.89. The SMILES string of the molecule is CON1C=CC23CC(c4nc(Cl)nc(Cl)n4)CCC2OC2=C3C(C[C@@H](O)C2)C1. The van der Waals surface area contributed by atoms with Gasteiger partial charge in [-0.3, -0.25) is 9.90 Å². The molecule has 4 aliphatic rings. The van der Waals surface area contributed by atoms with Gasteiger partial charge in [0.25, 0.3) is 0 Å². The molecule has 150 valence electrons. The normalized spacial score (nSPS) is 36.6. The Balaban J connectivity index is 1.57. The summed E-state index contributed by atoms with van der Waals surface area (Å²) < 4.78 is 6.40. The molecular formula is C19H22Cl2N4O3. The van der Waals surface area contributed by atoms with E-state index in [0.717, 1.165) is 25.0 Å². The van der Waals surface area contributed by atoms with Gasteiger partial charge in [0.15, 0.2) is 0 Å². The molecule has 1 N–H and O–H groups in total. The number of hydroxylamine groups is 2. The van der Waals surface area contributed by atoms with Crippen molar-refractivity contribution in [3.8, 4) is 0 Å². The number of aromatic nitrogens is 3. The first-order valence-corrected chi connectivity index (χ1v) is 10.4. The largest absolute Gasteiger partial charge is 0.493 e. The highest BCUT2D eigenvalue weighted by Crippen LogP contribution is 2.60. The molecule has 1 spiro atoms. The topological polar surface area (TPSA) is 80.6 Å². The summed E-state index contributed by atoms with van der Waals surface area (Å²) in [6, 6.07) is 0. The molecular weight excluding hydrogens is 403 g/mol. The van der Waals surface area contributed by atoms with Crippen LogP contribution in [0.5, 0.6) is 0 Å². The maximum atomic E-state index is 10.4. The quantitative estimate of drug-likeness (QED) is 0.779. The van der Waals surface area contributed by atoms with Crippen molar-refractivity contribution in [2.45, 2.75) is 50.2 Å². The molecule has 2 aliphatic carbocycles. The van der Waals surface area contributed by atoms with Crippen molar-refractivity contribution < 1.29 is 14.7 Å². The summed E-state index contributed by atoms with van der Waals surface area (Å²) in [4.78, 5) is 18.1. The molecule has 1 fully saturated rings. The van der Waals surface area contributed by atoms with Crippen LogP contribution in [0.2, 0.25) is 10.6 Å². The van der Waals surface area contributed by atoms with E-state index in [-0.39, 0.29) is 40.0 Å². The first-order chi connectivity index (χ1) is 13.5. The minimum absolute atomic E-state index is 0.0578. The minimum atomic E-state index is -0.380. The van der Waals surface area contributed by atoms with Gasteiger partial charge in [0, 0.05) is 24.5 Å². The highest BCUT2D eigenvalue weighted by Gasteiger charge is 2.57. The molecule has 9 heteroatoms. The molecule has 7 nitrogen and oxygen atoms in total. The van der Waals surface area contributed by atoms with E-state index in [2.05, 4.69) is 21.0 Å². The first kappa shape index (κ1) is 18.6. The van der Waals surface area contributed by atoms with Crippen molar-refractivity contribution in [1.82, 2.24) is 20.0 Å². The number of ether oxygens (including phenoxy) is 1. The van der Waals surface area contributed by atoms with Gasteiger partial charge in [0.1, 0.15) is 11.9 Å². The lowest BCUT2D eigenvalue weighted by Gasteiger charge is -2.42. The van der Waals surface area contributed by atoms with Gasteiger partial charge in [-0.25, -0.2) is 9.97 Å². The third-order valence-electron chi connectivity index (χ3n) is 6.54. The van der Waals surface area contributed by atoms with Crippen LogP contribution in [0.3, 0.4) is 0 Å². The fourth-order valence-electron chi connectivity index (χ4n) is 5.51. The predicted molar refractivity (Wildman–Crippen MR) is 102 cm³/mol. The van der Waals surface area contributed by atoms with E-state index >= 15 is 0 Å². The maximum absolute atomic E-state index is 10.4. The number of nitrogens with zero attached hydrogens (tertiary/aromatic N) is 4. The molecule has 0 bridgehead atoms. The van der Waals surface area contributed by atoms with E-state index in [9.17, 15) is 5.11 Å². The second kappa shape index (κ2) is 6.83. The lowest BCUT2D eigenvalue weighted by molar-refractivity contribution is -0.0967. The fraction of sp³-hybridized carbons (Fsp3) is 0.632. The molecule has 1 aromatic rings. The van der Waals surface area contributed by atoms with Gasteiger partial charge < -0.3 is 9.84 Å². The van der Waals surface area contributed by atoms with E-state index in [1.54, 1.807) is 7.11 Å². The molecule has 2 aliphatic heterocycles. The molecule has 3 heterocycles. The second-order valence-corrected chi connectivity index (χ2v) is 8.76. The van der Waals surface area contributed by atoms with Crippen molar-refractivity contribution in [3.63, 3.8) is 0 Å². The monoisotopic (exact) mass is 424 g/mol. The van der Waals surface area contributed by atoms with E-state index < -0.39 is 0 Å². The average Bonchev–Trinajstić information content (AvgIpc) is 2.88. The van der Waals surface area contributed by atoms with Crippen molar-refractivity contribution in [2.24, 2.45) is 11.3 Å². The Labute approximate surface area is 173 Å². The molecule has 28 heavy (non-hydrogen) atoms. The maximum Gasteiger partial charge on any atom is 0.226 e. The summed E-state index contributed by atoms with van der Waals surface area (Å²) in [7, 11) is 1.67. The number of aliphatic hydroxyl groups is 1. The van der Waals surface area contributed by atoms with E-state index in [4.69, 9.17) is 32.8 Å². The van der Waals surface area contributed by atoms with Gasteiger partial charge in [0.2, 0.25) is 10.6 Å². The van der Waals surface area contributed by atoms with Gasteiger partial charge in [-0.1, -0.05) is 6.08 Å². The van der Waals surface area contributed by atoms with Crippen LogP contribution in [0.15, 0.2) is 23.6 Å². The number of hydrogen-bond donors (Lipinski definition) is 1. The van der Waals surface area contributed by atoms with Gasteiger partial charge >= 0.3 is 0 Å². The summed E-state index contributed by atoms with van der Waals surface area (Å²) >= 11 is 12.1. The summed E-state index contributed by atoms with van der Waals surface area (Å²) in [6.45, 7) is 0.703. The van der Waals surface area contributed by atoms with Crippen molar-refractivity contribution in [2.75, 3.05) is 13.7 Å². The van der Waals surface area contributed by atoms with Crippen LogP contribution in [-0.4, -0.2) is 51.0 Å². The minimum Gasteiger partial charge on any atom is -0.493 e. The molecule has 1 saturated carbocycles. The van der Waals surface area contributed by atoms with Crippen LogP contribution in [0.4, 0.5) is 0 Å². The molecule has 5 atom stereocenters.